The number of amides is 2. The lowest BCUT2D eigenvalue weighted by atomic mass is 9.80. The highest BCUT2D eigenvalue weighted by Crippen LogP contribution is 2.53. The number of benzene rings is 2. The second-order valence-corrected chi connectivity index (χ2v) is 10.5. The molecule has 0 unspecified atom stereocenters. The van der Waals surface area contributed by atoms with Crippen molar-refractivity contribution in [1.29, 1.82) is 0 Å². The van der Waals surface area contributed by atoms with Gasteiger partial charge in [-0.1, -0.05) is 25.5 Å². The number of carbonyl (C=O) groups excluding carboxylic acids is 2. The Hall–Kier alpha value is -3.56. The maximum Gasteiger partial charge on any atom is 0.573 e. The number of alkyl halides is 3. The first-order valence-electron chi connectivity index (χ1n) is 13.4. The Morgan fingerprint density at radius 1 is 1.03 bits per heavy atom. The third-order valence-electron chi connectivity index (χ3n) is 7.98. The topological polar surface area (TPSA) is 87.2 Å². The molecule has 2 amide bonds. The third kappa shape index (κ3) is 5.60. The van der Waals surface area contributed by atoms with Crippen molar-refractivity contribution in [3.63, 3.8) is 0 Å². The summed E-state index contributed by atoms with van der Waals surface area (Å²) in [6.45, 7) is 2.03. The van der Waals surface area contributed by atoms with Crippen molar-refractivity contribution in [1.82, 2.24) is 4.90 Å². The maximum absolute atomic E-state index is 13.9. The van der Waals surface area contributed by atoms with Gasteiger partial charge in [-0.25, -0.2) is 0 Å². The van der Waals surface area contributed by atoms with Crippen LogP contribution < -0.4 is 9.64 Å². The quantitative estimate of drug-likeness (QED) is 0.449. The lowest BCUT2D eigenvalue weighted by Gasteiger charge is -2.48. The fraction of sp³-hybridized carbons (Fsp3) is 0.483. The maximum atomic E-state index is 13.9. The van der Waals surface area contributed by atoms with Gasteiger partial charge in [0.25, 0.3) is 5.91 Å². The van der Waals surface area contributed by atoms with Crippen LogP contribution >= 0.6 is 0 Å². The predicted molar refractivity (Wildman–Crippen MR) is 136 cm³/mol. The van der Waals surface area contributed by atoms with E-state index in [0.29, 0.717) is 5.69 Å². The van der Waals surface area contributed by atoms with Crippen LogP contribution in [0.1, 0.15) is 79.4 Å². The number of nitrogens with zero attached hydrogens (tertiary/aromatic N) is 2. The summed E-state index contributed by atoms with van der Waals surface area (Å²) < 4.78 is 41.8. The van der Waals surface area contributed by atoms with E-state index in [-0.39, 0.29) is 54.3 Å². The summed E-state index contributed by atoms with van der Waals surface area (Å²) in [5, 5.41) is 9.18. The van der Waals surface area contributed by atoms with Crippen LogP contribution in [0, 0.1) is 5.92 Å². The Bertz CT molecular complexity index is 1260. The molecule has 39 heavy (non-hydrogen) atoms. The summed E-state index contributed by atoms with van der Waals surface area (Å²) in [7, 11) is 0. The van der Waals surface area contributed by atoms with Crippen LogP contribution in [0.15, 0.2) is 42.5 Å². The zero-order valence-electron chi connectivity index (χ0n) is 21.6. The van der Waals surface area contributed by atoms with E-state index in [0.717, 1.165) is 61.8 Å². The van der Waals surface area contributed by atoms with Crippen molar-refractivity contribution in [2.75, 3.05) is 4.90 Å². The Labute approximate surface area is 224 Å². The summed E-state index contributed by atoms with van der Waals surface area (Å²) in [6, 6.07) is 10.5. The van der Waals surface area contributed by atoms with Gasteiger partial charge < -0.3 is 19.6 Å². The van der Waals surface area contributed by atoms with Gasteiger partial charge in [-0.2, -0.15) is 0 Å². The number of carboxylic acid groups (broad SMARTS) is 1. The van der Waals surface area contributed by atoms with Crippen molar-refractivity contribution in [2.24, 2.45) is 5.92 Å². The number of rotatable bonds is 8. The molecule has 1 N–H and O–H groups in total. The highest BCUT2D eigenvalue weighted by atomic mass is 19.4. The number of ether oxygens (including phenoxy) is 1. The van der Waals surface area contributed by atoms with Gasteiger partial charge in [-0.15, -0.1) is 13.2 Å². The van der Waals surface area contributed by atoms with Crippen LogP contribution in [0.3, 0.4) is 0 Å². The zero-order chi connectivity index (χ0) is 27.9. The van der Waals surface area contributed by atoms with E-state index in [1.807, 2.05) is 24.0 Å². The molecule has 3 atom stereocenters. The average molecular weight is 545 g/mol. The van der Waals surface area contributed by atoms with Crippen molar-refractivity contribution in [2.45, 2.75) is 82.8 Å². The van der Waals surface area contributed by atoms with Crippen molar-refractivity contribution in [3.05, 3.63) is 59.2 Å². The van der Waals surface area contributed by atoms with Crippen molar-refractivity contribution >= 4 is 23.5 Å². The highest BCUT2D eigenvalue weighted by Gasteiger charge is 2.51. The molecule has 1 aliphatic heterocycles. The lowest BCUT2D eigenvalue weighted by Crippen LogP contribution is -2.53. The average Bonchev–Trinajstić information content (AvgIpc) is 3.61. The largest absolute Gasteiger partial charge is 0.573 e. The smallest absolute Gasteiger partial charge is 0.481 e. The van der Waals surface area contributed by atoms with Gasteiger partial charge in [0.1, 0.15) is 5.75 Å². The predicted octanol–water partition coefficient (Wildman–Crippen LogP) is 5.87. The minimum Gasteiger partial charge on any atom is -0.481 e. The van der Waals surface area contributed by atoms with Gasteiger partial charge in [-0.3, -0.25) is 14.4 Å². The first-order chi connectivity index (χ1) is 18.6. The molecule has 1 heterocycles. The molecule has 0 spiro atoms. The summed E-state index contributed by atoms with van der Waals surface area (Å²) in [5.41, 5.74) is 2.87. The summed E-state index contributed by atoms with van der Waals surface area (Å²) in [6.07, 6.45) is -0.225. The molecule has 0 bridgehead atoms. The number of carboxylic acids is 1. The first-order valence-corrected chi connectivity index (χ1v) is 13.4. The molecule has 2 aliphatic carbocycles. The Kier molecular flexibility index (Phi) is 7.31. The van der Waals surface area contributed by atoms with Gasteiger partial charge in [0.2, 0.25) is 5.91 Å². The third-order valence-corrected chi connectivity index (χ3v) is 7.98. The molecule has 10 heteroatoms. The molecule has 2 fully saturated rings. The molecule has 208 valence electrons. The van der Waals surface area contributed by atoms with Gasteiger partial charge in [-0.05, 0) is 73.6 Å². The molecule has 0 saturated heterocycles. The molecule has 7 nitrogen and oxygen atoms in total. The van der Waals surface area contributed by atoms with Gasteiger partial charge in [0.05, 0.1) is 12.5 Å². The molecular weight excluding hydrogens is 513 g/mol. The number of aryl methyl sites for hydroxylation is 1. The van der Waals surface area contributed by atoms with E-state index in [9.17, 15) is 32.7 Å². The number of hydrogen-bond acceptors (Lipinski definition) is 4. The van der Waals surface area contributed by atoms with Crippen molar-refractivity contribution in [3.8, 4) is 5.75 Å². The second kappa shape index (κ2) is 10.5. The SMILES string of the molecule is CCc1ccc2c(c1)[C@H](N(C(=O)CCC(=O)O)C1CC1)[C@@H]1CCC[C@@H]1N2C(=O)c1ccc(OC(F)(F)F)cc1. The number of carbonyl (C=O) groups is 3. The number of hydrogen-bond donors (Lipinski definition) is 1. The zero-order valence-corrected chi connectivity index (χ0v) is 21.6. The monoisotopic (exact) mass is 544 g/mol. The van der Waals surface area contributed by atoms with Crippen LogP contribution in [0.4, 0.5) is 18.9 Å². The van der Waals surface area contributed by atoms with E-state index >= 15 is 0 Å². The Morgan fingerprint density at radius 2 is 1.74 bits per heavy atom. The standard InChI is InChI=1S/C29H31F3N2O5/c1-2-17-6-13-24-22(16-17)27(33(19-9-10-19)25(35)14-15-26(36)37)21-4-3-5-23(21)34(24)28(38)18-7-11-20(12-8-18)39-29(30,31)32/h6-8,11-13,16,19,21,23,27H,2-5,9-10,14-15H2,1H3,(H,36,37)/t21-,23+,27-/m1/s1. The van der Waals surface area contributed by atoms with Crippen LogP contribution in [0.5, 0.6) is 5.75 Å². The first kappa shape index (κ1) is 27.0. The Morgan fingerprint density at radius 3 is 2.36 bits per heavy atom. The number of fused-ring (bicyclic) bond motifs is 2. The van der Waals surface area contributed by atoms with Crippen LogP contribution in [-0.2, 0) is 16.0 Å². The molecule has 2 aromatic carbocycles. The summed E-state index contributed by atoms with van der Waals surface area (Å²) in [4.78, 5) is 42.2. The van der Waals surface area contributed by atoms with Gasteiger partial charge in [0, 0.05) is 35.7 Å². The molecule has 3 aliphatic rings. The highest BCUT2D eigenvalue weighted by molar-refractivity contribution is 6.07. The minimum atomic E-state index is -4.82. The van der Waals surface area contributed by atoms with E-state index in [4.69, 9.17) is 0 Å². The molecular formula is C29H31F3N2O5. The van der Waals surface area contributed by atoms with Crippen molar-refractivity contribution < 1.29 is 37.4 Å². The van der Waals surface area contributed by atoms with Crippen LogP contribution in [0.2, 0.25) is 0 Å². The minimum absolute atomic E-state index is 0.0317. The van der Waals surface area contributed by atoms with Gasteiger partial charge in [0.15, 0.2) is 0 Å². The number of anilines is 1. The number of halogens is 3. The molecule has 0 radical (unpaired) electrons. The van der Waals surface area contributed by atoms with E-state index in [1.54, 1.807) is 4.90 Å². The van der Waals surface area contributed by atoms with E-state index < -0.39 is 18.1 Å². The molecule has 2 saturated carbocycles. The fourth-order valence-corrected chi connectivity index (χ4v) is 6.18. The molecule has 0 aromatic heterocycles. The second-order valence-electron chi connectivity index (χ2n) is 10.5. The normalized spacial score (nSPS) is 22.2. The van der Waals surface area contributed by atoms with E-state index in [2.05, 4.69) is 10.8 Å². The lowest BCUT2D eigenvalue weighted by molar-refractivity contribution is -0.274. The number of aliphatic carboxylic acids is 1. The summed E-state index contributed by atoms with van der Waals surface area (Å²) >= 11 is 0. The Balaban J connectivity index is 1.54. The molecule has 2 aromatic rings. The van der Waals surface area contributed by atoms with Crippen LogP contribution in [0.25, 0.3) is 0 Å². The fourth-order valence-electron chi connectivity index (χ4n) is 6.18. The van der Waals surface area contributed by atoms with Crippen LogP contribution in [-0.4, -0.2) is 46.2 Å². The summed E-state index contributed by atoms with van der Waals surface area (Å²) in [5.74, 6) is -1.94. The van der Waals surface area contributed by atoms with Gasteiger partial charge >= 0.3 is 12.3 Å². The molecule has 5 rings (SSSR count). The van der Waals surface area contributed by atoms with E-state index in [1.165, 1.54) is 12.1 Å².